The molecule has 0 fully saturated rings. The number of aromatic nitrogens is 2. The van der Waals surface area contributed by atoms with Crippen LogP contribution in [0.1, 0.15) is 57.2 Å². The van der Waals surface area contributed by atoms with Crippen LogP contribution in [0.3, 0.4) is 0 Å². The van der Waals surface area contributed by atoms with Gasteiger partial charge >= 0.3 is 5.97 Å². The van der Waals surface area contributed by atoms with Crippen molar-refractivity contribution < 1.29 is 14.0 Å². The number of ether oxygens (including phenoxy) is 1. The highest BCUT2D eigenvalue weighted by molar-refractivity contribution is 6.99. The van der Waals surface area contributed by atoms with Gasteiger partial charge in [-0.2, -0.15) is 5.10 Å². The minimum absolute atomic E-state index is 0.0309. The van der Waals surface area contributed by atoms with Crippen molar-refractivity contribution in [3.8, 4) is 0 Å². The Kier molecular flexibility index (Phi) is 8.27. The smallest absolute Gasteiger partial charge is 0.358 e. The van der Waals surface area contributed by atoms with Crippen LogP contribution in [0.2, 0.25) is 5.04 Å². The summed E-state index contributed by atoms with van der Waals surface area (Å²) in [4.78, 5) is 11.9. The summed E-state index contributed by atoms with van der Waals surface area (Å²) in [5, 5.41) is 9.63. The van der Waals surface area contributed by atoms with E-state index >= 15 is 0 Å². The normalized spacial score (nSPS) is 13.0. The van der Waals surface area contributed by atoms with Crippen molar-refractivity contribution in [2.45, 2.75) is 52.5 Å². The lowest BCUT2D eigenvalue weighted by Crippen LogP contribution is -2.66. The zero-order chi connectivity index (χ0) is 23.9. The molecule has 0 bridgehead atoms. The van der Waals surface area contributed by atoms with Crippen LogP contribution < -0.4 is 10.4 Å². The number of carbonyl (C=O) groups is 1. The molecule has 176 valence electrons. The van der Waals surface area contributed by atoms with Gasteiger partial charge in [0.05, 0.1) is 6.61 Å². The molecule has 1 N–H and O–H groups in total. The number of hydrogen-bond acceptors (Lipinski definition) is 4. The van der Waals surface area contributed by atoms with E-state index in [9.17, 15) is 4.79 Å². The molecule has 0 aliphatic heterocycles. The van der Waals surface area contributed by atoms with Gasteiger partial charge in [-0.25, -0.2) is 4.79 Å². The second-order valence-electron chi connectivity index (χ2n) is 9.61. The zero-order valence-electron chi connectivity index (χ0n) is 20.4. The molecule has 2 aromatic carbocycles. The van der Waals surface area contributed by atoms with Crippen LogP contribution in [0.25, 0.3) is 0 Å². The van der Waals surface area contributed by atoms with Crippen LogP contribution in [0, 0.1) is 5.92 Å². The first kappa shape index (κ1) is 24.9. The van der Waals surface area contributed by atoms with Gasteiger partial charge in [-0.15, -0.1) is 0 Å². The van der Waals surface area contributed by atoms with Gasteiger partial charge in [0.1, 0.15) is 0 Å². The highest BCUT2D eigenvalue weighted by atomic mass is 28.4. The molecule has 0 saturated heterocycles. The van der Waals surface area contributed by atoms with E-state index in [1.54, 1.807) is 13.0 Å². The zero-order valence-corrected chi connectivity index (χ0v) is 21.4. The van der Waals surface area contributed by atoms with Crippen molar-refractivity contribution in [2.24, 2.45) is 5.92 Å². The molecule has 1 atom stereocenters. The van der Waals surface area contributed by atoms with Crippen LogP contribution in [0.15, 0.2) is 66.7 Å². The highest BCUT2D eigenvalue weighted by Crippen LogP contribution is 2.37. The van der Waals surface area contributed by atoms with Gasteiger partial charge in [-0.1, -0.05) is 88.4 Å². The average molecular weight is 465 g/mol. The van der Waals surface area contributed by atoms with Gasteiger partial charge in [-0.05, 0) is 47.2 Å². The summed E-state index contributed by atoms with van der Waals surface area (Å²) >= 11 is 0. The molecule has 0 spiro atoms. The number of hydrogen-bond donors (Lipinski definition) is 1. The molecular weight excluding hydrogens is 428 g/mol. The number of nitrogens with one attached hydrogen (secondary N) is 1. The van der Waals surface area contributed by atoms with E-state index in [0.29, 0.717) is 24.8 Å². The number of benzene rings is 2. The number of rotatable bonds is 10. The fourth-order valence-corrected chi connectivity index (χ4v) is 9.01. The van der Waals surface area contributed by atoms with E-state index in [0.717, 1.165) is 18.5 Å². The molecule has 3 aromatic rings. The van der Waals surface area contributed by atoms with E-state index < -0.39 is 8.32 Å². The van der Waals surface area contributed by atoms with Gasteiger partial charge in [0.15, 0.2) is 5.69 Å². The fraction of sp³-hybridized carbons (Fsp3) is 0.407. The summed E-state index contributed by atoms with van der Waals surface area (Å²) in [6, 6.07) is 23.2. The van der Waals surface area contributed by atoms with E-state index in [-0.39, 0.29) is 11.0 Å². The Morgan fingerprint density at radius 2 is 1.61 bits per heavy atom. The second kappa shape index (κ2) is 10.9. The molecular formula is C27H36N2O3Si. The Balaban J connectivity index is 1.75. The van der Waals surface area contributed by atoms with Crippen LogP contribution in [-0.4, -0.2) is 37.7 Å². The Bertz CT molecular complexity index is 973. The van der Waals surface area contributed by atoms with Crippen molar-refractivity contribution in [3.05, 3.63) is 78.1 Å². The minimum atomic E-state index is -2.51. The Morgan fingerprint density at radius 3 is 2.12 bits per heavy atom. The molecule has 1 aromatic heterocycles. The SMILES string of the molecule is CCOC(=O)c1cc(CC(C)CCO[Si](c2ccccc2)(c2ccccc2)C(C)(C)C)[nH]n1. The minimum Gasteiger partial charge on any atom is -0.461 e. The van der Waals surface area contributed by atoms with Gasteiger partial charge in [-0.3, -0.25) is 5.10 Å². The predicted molar refractivity (Wildman–Crippen MR) is 136 cm³/mol. The summed E-state index contributed by atoms with van der Waals surface area (Å²) in [6.45, 7) is 11.9. The molecule has 0 amide bonds. The summed E-state index contributed by atoms with van der Waals surface area (Å²) in [6.07, 6.45) is 1.72. The number of esters is 1. The Labute approximate surface area is 198 Å². The molecule has 6 heteroatoms. The first-order valence-corrected chi connectivity index (χ1v) is 13.6. The molecule has 33 heavy (non-hydrogen) atoms. The van der Waals surface area contributed by atoms with Crippen LogP contribution in [0.4, 0.5) is 0 Å². The quantitative estimate of drug-likeness (QED) is 0.348. The maximum Gasteiger partial charge on any atom is 0.358 e. The van der Waals surface area contributed by atoms with Gasteiger partial charge in [0, 0.05) is 12.3 Å². The van der Waals surface area contributed by atoms with Gasteiger partial charge < -0.3 is 9.16 Å². The predicted octanol–water partition coefficient (Wildman–Crippen LogP) is 4.73. The van der Waals surface area contributed by atoms with Crippen molar-refractivity contribution >= 4 is 24.7 Å². The second-order valence-corrected chi connectivity index (χ2v) is 13.9. The topological polar surface area (TPSA) is 64.2 Å². The summed E-state index contributed by atoms with van der Waals surface area (Å²) in [7, 11) is -2.51. The number of aromatic amines is 1. The first-order chi connectivity index (χ1) is 15.8. The van der Waals surface area contributed by atoms with Crippen LogP contribution >= 0.6 is 0 Å². The monoisotopic (exact) mass is 464 g/mol. The lowest BCUT2D eigenvalue weighted by molar-refractivity contribution is 0.0519. The standard InChI is InChI=1S/C27H36N2O3Si/c1-6-31-26(30)25-20-22(28-29-25)19-21(2)17-18-32-33(27(3,4)5,23-13-9-7-10-14-23)24-15-11-8-12-16-24/h7-16,20-21H,6,17-19H2,1-5H3,(H,28,29). The van der Waals surface area contributed by atoms with E-state index in [2.05, 4.69) is 98.6 Å². The largest absolute Gasteiger partial charge is 0.461 e. The lowest BCUT2D eigenvalue weighted by Gasteiger charge is -2.43. The third kappa shape index (κ3) is 5.81. The average Bonchev–Trinajstić information content (AvgIpc) is 3.26. The van der Waals surface area contributed by atoms with E-state index in [1.807, 2.05) is 0 Å². The number of nitrogens with zero attached hydrogens (tertiary/aromatic N) is 1. The molecule has 0 saturated carbocycles. The van der Waals surface area contributed by atoms with Gasteiger partial charge in [0.25, 0.3) is 8.32 Å². The van der Waals surface area contributed by atoms with Crippen molar-refractivity contribution in [3.63, 3.8) is 0 Å². The maximum atomic E-state index is 11.9. The molecule has 0 aliphatic carbocycles. The highest BCUT2D eigenvalue weighted by Gasteiger charge is 2.50. The molecule has 0 radical (unpaired) electrons. The van der Waals surface area contributed by atoms with Crippen molar-refractivity contribution in [1.82, 2.24) is 10.2 Å². The maximum absolute atomic E-state index is 11.9. The molecule has 5 nitrogen and oxygen atoms in total. The van der Waals surface area contributed by atoms with Gasteiger partial charge in [0.2, 0.25) is 0 Å². The summed E-state index contributed by atoms with van der Waals surface area (Å²) < 4.78 is 12.0. The van der Waals surface area contributed by atoms with E-state index in [1.165, 1.54) is 10.4 Å². The summed E-state index contributed by atoms with van der Waals surface area (Å²) in [5.41, 5.74) is 1.28. The number of H-pyrrole nitrogens is 1. The molecule has 1 heterocycles. The Hall–Kier alpha value is -2.70. The first-order valence-electron chi connectivity index (χ1n) is 11.7. The Morgan fingerprint density at radius 1 is 1.03 bits per heavy atom. The summed E-state index contributed by atoms with van der Waals surface area (Å²) in [5.74, 6) is -0.0126. The van der Waals surface area contributed by atoms with E-state index in [4.69, 9.17) is 9.16 Å². The lowest BCUT2D eigenvalue weighted by atomic mass is 10.0. The van der Waals surface area contributed by atoms with Crippen LogP contribution in [0.5, 0.6) is 0 Å². The third-order valence-electron chi connectivity index (χ3n) is 6.03. The van der Waals surface area contributed by atoms with Crippen molar-refractivity contribution in [1.29, 1.82) is 0 Å². The third-order valence-corrected chi connectivity index (χ3v) is 11.1. The molecule has 3 rings (SSSR count). The number of carbonyl (C=O) groups excluding carboxylic acids is 1. The molecule has 0 aliphatic rings. The fourth-order valence-electron chi connectivity index (χ4n) is 4.43. The van der Waals surface area contributed by atoms with Crippen LogP contribution in [-0.2, 0) is 15.6 Å². The molecule has 1 unspecified atom stereocenters. The van der Waals surface area contributed by atoms with Crippen molar-refractivity contribution in [2.75, 3.05) is 13.2 Å².